The number of ether oxygens (including phenoxy) is 1. The number of esters is 1. The Labute approximate surface area is 127 Å². The molecular weight excluding hydrogens is 293 g/mol. The minimum absolute atomic E-state index is 0.130. The molecule has 0 saturated heterocycles. The van der Waals surface area contributed by atoms with Crippen molar-refractivity contribution in [2.45, 2.75) is 26.3 Å². The highest BCUT2D eigenvalue weighted by Gasteiger charge is 2.28. The van der Waals surface area contributed by atoms with Crippen LogP contribution in [0.25, 0.3) is 0 Å². The van der Waals surface area contributed by atoms with Gasteiger partial charge in [0.25, 0.3) is 5.91 Å². The highest BCUT2D eigenvalue weighted by Crippen LogP contribution is 2.12. The molecule has 0 aromatic heterocycles. The van der Waals surface area contributed by atoms with Crippen LogP contribution in [-0.4, -0.2) is 35.6 Å². The average Bonchev–Trinajstić information content (AvgIpc) is 2.44. The monoisotopic (exact) mass is 311 g/mol. The first-order chi connectivity index (χ1) is 10.3. The van der Waals surface area contributed by atoms with E-state index in [4.69, 9.17) is 4.74 Å². The zero-order valence-corrected chi connectivity index (χ0v) is 12.3. The van der Waals surface area contributed by atoms with Gasteiger partial charge in [-0.2, -0.15) is 0 Å². The molecule has 1 aromatic rings. The number of halogens is 1. The third-order valence-electron chi connectivity index (χ3n) is 3.02. The highest BCUT2D eigenvalue weighted by molar-refractivity contribution is 5.96. The van der Waals surface area contributed by atoms with E-state index < -0.39 is 35.6 Å². The second-order valence-corrected chi connectivity index (χ2v) is 4.78. The molecule has 2 N–H and O–H groups in total. The fraction of sp³-hybridized carbons (Fsp3) is 0.400. The van der Waals surface area contributed by atoms with Crippen LogP contribution in [0, 0.1) is 11.7 Å². The van der Waals surface area contributed by atoms with Crippen molar-refractivity contribution >= 4 is 17.8 Å². The SMILES string of the molecule is CCOC(=O)C[C@@H](C)[C@@H](NC(=O)c1ccc(F)cc1)C(=O)O. The quantitative estimate of drug-likeness (QED) is 0.746. The number of carboxylic acids is 1. The van der Waals surface area contributed by atoms with Gasteiger partial charge in [0.15, 0.2) is 0 Å². The number of hydrogen-bond acceptors (Lipinski definition) is 4. The molecule has 0 aliphatic heterocycles. The van der Waals surface area contributed by atoms with Crippen molar-refractivity contribution in [3.05, 3.63) is 35.6 Å². The maximum atomic E-state index is 12.8. The molecule has 0 aliphatic carbocycles. The molecule has 1 aromatic carbocycles. The number of carboxylic acid groups (broad SMARTS) is 1. The topological polar surface area (TPSA) is 92.7 Å². The molecule has 1 amide bonds. The third kappa shape index (κ3) is 5.16. The van der Waals surface area contributed by atoms with Crippen molar-refractivity contribution < 1.29 is 28.6 Å². The lowest BCUT2D eigenvalue weighted by Gasteiger charge is -2.20. The number of carbonyl (C=O) groups excluding carboxylic acids is 2. The Morgan fingerprint density at radius 2 is 1.86 bits per heavy atom. The van der Waals surface area contributed by atoms with Gasteiger partial charge in [-0.25, -0.2) is 9.18 Å². The summed E-state index contributed by atoms with van der Waals surface area (Å²) in [5, 5.41) is 11.5. The fourth-order valence-electron chi connectivity index (χ4n) is 1.87. The first kappa shape index (κ1) is 17.6. The van der Waals surface area contributed by atoms with Crippen molar-refractivity contribution in [2.24, 2.45) is 5.92 Å². The minimum atomic E-state index is -1.26. The molecule has 6 nitrogen and oxygen atoms in total. The van der Waals surface area contributed by atoms with E-state index in [1.54, 1.807) is 6.92 Å². The lowest BCUT2D eigenvalue weighted by Crippen LogP contribution is -2.45. The van der Waals surface area contributed by atoms with Crippen LogP contribution < -0.4 is 5.32 Å². The number of aliphatic carboxylic acids is 1. The van der Waals surface area contributed by atoms with Gasteiger partial charge in [-0.05, 0) is 37.1 Å². The smallest absolute Gasteiger partial charge is 0.326 e. The van der Waals surface area contributed by atoms with Gasteiger partial charge in [0, 0.05) is 5.56 Å². The Hall–Kier alpha value is -2.44. The van der Waals surface area contributed by atoms with Crippen LogP contribution >= 0.6 is 0 Å². The van der Waals surface area contributed by atoms with E-state index >= 15 is 0 Å². The van der Waals surface area contributed by atoms with Gasteiger partial charge < -0.3 is 15.2 Å². The van der Waals surface area contributed by atoms with Crippen molar-refractivity contribution in [1.82, 2.24) is 5.32 Å². The van der Waals surface area contributed by atoms with Gasteiger partial charge in [-0.3, -0.25) is 9.59 Å². The maximum Gasteiger partial charge on any atom is 0.326 e. The van der Waals surface area contributed by atoms with Crippen LogP contribution in [0.2, 0.25) is 0 Å². The molecule has 0 saturated carbocycles. The molecule has 7 heteroatoms. The van der Waals surface area contributed by atoms with E-state index in [9.17, 15) is 23.9 Å². The first-order valence-corrected chi connectivity index (χ1v) is 6.80. The molecular formula is C15H18FNO5. The molecule has 0 aliphatic rings. The lowest BCUT2D eigenvalue weighted by atomic mass is 9.98. The molecule has 0 unspecified atom stereocenters. The van der Waals surface area contributed by atoms with Crippen molar-refractivity contribution in [3.8, 4) is 0 Å². The predicted octanol–water partition coefficient (Wildman–Crippen LogP) is 1.60. The molecule has 120 valence electrons. The predicted molar refractivity (Wildman–Crippen MR) is 75.7 cm³/mol. The Balaban J connectivity index is 2.75. The lowest BCUT2D eigenvalue weighted by molar-refractivity contribution is -0.145. The van der Waals surface area contributed by atoms with Crippen LogP contribution in [0.15, 0.2) is 24.3 Å². The normalized spacial score (nSPS) is 13.0. The van der Waals surface area contributed by atoms with Crippen molar-refractivity contribution in [1.29, 1.82) is 0 Å². The first-order valence-electron chi connectivity index (χ1n) is 6.80. The number of nitrogens with one attached hydrogen (secondary N) is 1. The molecule has 0 spiro atoms. The van der Waals surface area contributed by atoms with E-state index in [0.29, 0.717) is 0 Å². The summed E-state index contributed by atoms with van der Waals surface area (Å²) < 4.78 is 17.6. The number of rotatable bonds is 7. The summed E-state index contributed by atoms with van der Waals surface area (Å²) in [7, 11) is 0. The van der Waals surface area contributed by atoms with E-state index in [0.717, 1.165) is 12.1 Å². The zero-order chi connectivity index (χ0) is 16.7. The number of hydrogen-bond donors (Lipinski definition) is 2. The van der Waals surface area contributed by atoms with Gasteiger partial charge in [0.2, 0.25) is 0 Å². The Morgan fingerprint density at radius 3 is 2.36 bits per heavy atom. The number of amides is 1. The van der Waals surface area contributed by atoms with Gasteiger partial charge in [0.05, 0.1) is 13.0 Å². The summed E-state index contributed by atoms with van der Waals surface area (Å²) >= 11 is 0. The fourth-order valence-corrected chi connectivity index (χ4v) is 1.87. The van der Waals surface area contributed by atoms with Crippen LogP contribution in [0.1, 0.15) is 30.6 Å². The average molecular weight is 311 g/mol. The van der Waals surface area contributed by atoms with E-state index in [1.807, 2.05) is 0 Å². The summed E-state index contributed by atoms with van der Waals surface area (Å²) in [4.78, 5) is 34.7. The number of carbonyl (C=O) groups is 3. The van der Waals surface area contributed by atoms with Crippen LogP contribution in [0.3, 0.4) is 0 Å². The van der Waals surface area contributed by atoms with Gasteiger partial charge in [-0.15, -0.1) is 0 Å². The Kier molecular flexibility index (Phi) is 6.49. The Morgan fingerprint density at radius 1 is 1.27 bits per heavy atom. The molecule has 2 atom stereocenters. The van der Waals surface area contributed by atoms with Gasteiger partial charge in [-0.1, -0.05) is 6.92 Å². The molecule has 0 fully saturated rings. The standard InChI is InChI=1S/C15H18FNO5/c1-3-22-12(18)8-9(2)13(15(20)21)17-14(19)10-4-6-11(16)7-5-10/h4-7,9,13H,3,8H2,1-2H3,(H,17,19)(H,20,21)/t9-,13-/m1/s1. The highest BCUT2D eigenvalue weighted by atomic mass is 19.1. The summed E-state index contributed by atoms with van der Waals surface area (Å²) in [6.07, 6.45) is -0.130. The third-order valence-corrected chi connectivity index (χ3v) is 3.02. The van der Waals surface area contributed by atoms with E-state index in [-0.39, 0.29) is 18.6 Å². The molecule has 22 heavy (non-hydrogen) atoms. The summed E-state index contributed by atoms with van der Waals surface area (Å²) in [6.45, 7) is 3.37. The van der Waals surface area contributed by atoms with Gasteiger partial charge >= 0.3 is 11.9 Å². The summed E-state index contributed by atoms with van der Waals surface area (Å²) in [5.41, 5.74) is 0.135. The maximum absolute atomic E-state index is 12.8. The molecule has 0 heterocycles. The van der Waals surface area contributed by atoms with E-state index in [1.165, 1.54) is 19.1 Å². The molecule has 0 bridgehead atoms. The second-order valence-electron chi connectivity index (χ2n) is 4.78. The van der Waals surface area contributed by atoms with E-state index in [2.05, 4.69) is 5.32 Å². The summed E-state index contributed by atoms with van der Waals surface area (Å²) in [6, 6.07) is 3.46. The van der Waals surface area contributed by atoms with Gasteiger partial charge in [0.1, 0.15) is 11.9 Å². The summed E-state index contributed by atoms with van der Waals surface area (Å²) in [5.74, 6) is -3.59. The van der Waals surface area contributed by atoms with Crippen LogP contribution in [0.4, 0.5) is 4.39 Å². The van der Waals surface area contributed by atoms with Crippen LogP contribution in [-0.2, 0) is 14.3 Å². The van der Waals surface area contributed by atoms with Crippen molar-refractivity contribution in [3.63, 3.8) is 0 Å². The Bertz CT molecular complexity index is 543. The minimum Gasteiger partial charge on any atom is -0.480 e. The largest absolute Gasteiger partial charge is 0.480 e. The number of benzene rings is 1. The molecule has 0 radical (unpaired) electrons. The zero-order valence-electron chi connectivity index (χ0n) is 12.3. The second kappa shape index (κ2) is 8.11. The molecule has 1 rings (SSSR count). The van der Waals surface area contributed by atoms with Crippen molar-refractivity contribution in [2.75, 3.05) is 6.61 Å². The van der Waals surface area contributed by atoms with Crippen LogP contribution in [0.5, 0.6) is 0 Å².